The second-order valence-electron chi connectivity index (χ2n) is 3.76. The second-order valence-corrected chi connectivity index (χ2v) is 4.93. The standard InChI is InChI=1S/C13H18O3S/c1-16-8-2-3-9-17-12-6-4-11(5-7-12)10-13(14)15/h4-7H,2-3,8-10H2,1H3,(H,14,15). The van der Waals surface area contributed by atoms with Crippen LogP contribution in [0.25, 0.3) is 0 Å². The van der Waals surface area contributed by atoms with Gasteiger partial charge in [0.15, 0.2) is 0 Å². The molecule has 4 heteroatoms. The Morgan fingerprint density at radius 3 is 2.59 bits per heavy atom. The summed E-state index contributed by atoms with van der Waals surface area (Å²) in [5.74, 6) is 0.284. The molecule has 17 heavy (non-hydrogen) atoms. The number of thioether (sulfide) groups is 1. The molecule has 1 aromatic rings. The smallest absolute Gasteiger partial charge is 0.307 e. The van der Waals surface area contributed by atoms with Gasteiger partial charge in [-0.1, -0.05) is 12.1 Å². The lowest BCUT2D eigenvalue weighted by molar-refractivity contribution is -0.136. The largest absolute Gasteiger partial charge is 0.481 e. The van der Waals surface area contributed by atoms with Gasteiger partial charge in [-0.15, -0.1) is 11.8 Å². The van der Waals surface area contributed by atoms with E-state index >= 15 is 0 Å². The van der Waals surface area contributed by atoms with Crippen LogP contribution in [-0.4, -0.2) is 30.5 Å². The predicted molar refractivity (Wildman–Crippen MR) is 69.6 cm³/mol. The first-order valence-electron chi connectivity index (χ1n) is 5.65. The summed E-state index contributed by atoms with van der Waals surface area (Å²) < 4.78 is 4.98. The molecule has 0 aliphatic heterocycles. The lowest BCUT2D eigenvalue weighted by Gasteiger charge is -2.03. The van der Waals surface area contributed by atoms with E-state index in [0.717, 1.165) is 30.8 Å². The molecule has 0 saturated carbocycles. The maximum atomic E-state index is 10.5. The first-order chi connectivity index (χ1) is 8.22. The number of aliphatic carboxylic acids is 1. The van der Waals surface area contributed by atoms with Crippen molar-refractivity contribution in [2.45, 2.75) is 24.2 Å². The van der Waals surface area contributed by atoms with Crippen LogP contribution in [0.3, 0.4) is 0 Å². The van der Waals surface area contributed by atoms with Gasteiger partial charge in [0.2, 0.25) is 0 Å². The fourth-order valence-electron chi connectivity index (χ4n) is 1.42. The molecule has 1 aromatic carbocycles. The van der Waals surface area contributed by atoms with E-state index in [1.165, 1.54) is 4.90 Å². The number of carbonyl (C=O) groups is 1. The third-order valence-electron chi connectivity index (χ3n) is 2.29. The Labute approximate surface area is 106 Å². The summed E-state index contributed by atoms with van der Waals surface area (Å²) in [6.07, 6.45) is 2.31. The monoisotopic (exact) mass is 254 g/mol. The average Bonchev–Trinajstić information content (AvgIpc) is 2.30. The number of rotatable bonds is 8. The van der Waals surface area contributed by atoms with Crippen LogP contribution in [0.4, 0.5) is 0 Å². The first-order valence-corrected chi connectivity index (χ1v) is 6.63. The summed E-state index contributed by atoms with van der Waals surface area (Å²) in [7, 11) is 1.72. The number of hydrogen-bond donors (Lipinski definition) is 1. The average molecular weight is 254 g/mol. The van der Waals surface area contributed by atoms with Crippen molar-refractivity contribution >= 4 is 17.7 Å². The Bertz CT molecular complexity index is 335. The number of methoxy groups -OCH3 is 1. The molecule has 0 aromatic heterocycles. The summed E-state index contributed by atoms with van der Waals surface area (Å²) in [5.41, 5.74) is 0.848. The third kappa shape index (κ3) is 6.34. The van der Waals surface area contributed by atoms with E-state index in [2.05, 4.69) is 0 Å². The summed E-state index contributed by atoms with van der Waals surface area (Å²) in [6, 6.07) is 7.73. The molecule has 1 N–H and O–H groups in total. The van der Waals surface area contributed by atoms with Crippen LogP contribution in [0.15, 0.2) is 29.2 Å². The second kappa shape index (κ2) is 8.14. The molecule has 0 bridgehead atoms. The quantitative estimate of drug-likeness (QED) is 0.572. The zero-order chi connectivity index (χ0) is 12.5. The van der Waals surface area contributed by atoms with E-state index in [1.54, 1.807) is 18.9 Å². The molecular formula is C13H18O3S. The van der Waals surface area contributed by atoms with Gasteiger partial charge in [0, 0.05) is 18.6 Å². The number of ether oxygens (including phenoxy) is 1. The summed E-state index contributed by atoms with van der Waals surface area (Å²) in [6.45, 7) is 0.818. The van der Waals surface area contributed by atoms with Gasteiger partial charge in [-0.25, -0.2) is 0 Å². The molecule has 0 heterocycles. The molecule has 1 rings (SSSR count). The molecule has 94 valence electrons. The lowest BCUT2D eigenvalue weighted by Crippen LogP contribution is -1.99. The van der Waals surface area contributed by atoms with Crippen LogP contribution in [0.5, 0.6) is 0 Å². The fourth-order valence-corrected chi connectivity index (χ4v) is 2.33. The van der Waals surface area contributed by atoms with Crippen molar-refractivity contribution in [3.63, 3.8) is 0 Å². The van der Waals surface area contributed by atoms with Crippen LogP contribution in [0.2, 0.25) is 0 Å². The van der Waals surface area contributed by atoms with Crippen molar-refractivity contribution in [1.82, 2.24) is 0 Å². The topological polar surface area (TPSA) is 46.5 Å². The van der Waals surface area contributed by atoms with Gasteiger partial charge in [-0.2, -0.15) is 0 Å². The Morgan fingerprint density at radius 2 is 2.00 bits per heavy atom. The molecule has 0 atom stereocenters. The SMILES string of the molecule is COCCCCSc1ccc(CC(=O)O)cc1. The van der Waals surface area contributed by atoms with Crippen molar-refractivity contribution in [2.24, 2.45) is 0 Å². The predicted octanol–water partition coefficient (Wildman–Crippen LogP) is 2.83. The van der Waals surface area contributed by atoms with Crippen molar-refractivity contribution in [3.05, 3.63) is 29.8 Å². The molecule has 0 spiro atoms. The number of unbranched alkanes of at least 4 members (excludes halogenated alkanes) is 1. The summed E-state index contributed by atoms with van der Waals surface area (Å²) in [5, 5.41) is 8.64. The van der Waals surface area contributed by atoms with Crippen LogP contribution in [0, 0.1) is 0 Å². The van der Waals surface area contributed by atoms with Crippen LogP contribution >= 0.6 is 11.8 Å². The number of benzene rings is 1. The molecule has 0 aliphatic carbocycles. The Hall–Kier alpha value is -1.00. The van der Waals surface area contributed by atoms with E-state index in [0.29, 0.717) is 0 Å². The van der Waals surface area contributed by atoms with Crippen LogP contribution in [0.1, 0.15) is 18.4 Å². The number of hydrogen-bond acceptors (Lipinski definition) is 3. The summed E-state index contributed by atoms with van der Waals surface area (Å²) in [4.78, 5) is 11.7. The Kier molecular flexibility index (Phi) is 6.74. The Balaban J connectivity index is 2.28. The number of carboxylic acid groups (broad SMARTS) is 1. The van der Waals surface area contributed by atoms with Crippen molar-refractivity contribution in [1.29, 1.82) is 0 Å². The minimum absolute atomic E-state index is 0.0960. The first kappa shape index (κ1) is 14.1. The molecule has 0 amide bonds. The Morgan fingerprint density at radius 1 is 1.29 bits per heavy atom. The highest BCUT2D eigenvalue weighted by atomic mass is 32.2. The molecule has 0 fully saturated rings. The van der Waals surface area contributed by atoms with Crippen molar-refractivity contribution in [3.8, 4) is 0 Å². The van der Waals surface area contributed by atoms with E-state index in [9.17, 15) is 4.79 Å². The molecule has 3 nitrogen and oxygen atoms in total. The maximum Gasteiger partial charge on any atom is 0.307 e. The highest BCUT2D eigenvalue weighted by Gasteiger charge is 2.00. The van der Waals surface area contributed by atoms with Gasteiger partial charge < -0.3 is 9.84 Å². The summed E-state index contributed by atoms with van der Waals surface area (Å²) >= 11 is 1.80. The molecule has 0 saturated heterocycles. The van der Waals surface area contributed by atoms with E-state index in [4.69, 9.17) is 9.84 Å². The van der Waals surface area contributed by atoms with Gasteiger partial charge in [0.1, 0.15) is 0 Å². The lowest BCUT2D eigenvalue weighted by atomic mass is 10.2. The molecular weight excluding hydrogens is 236 g/mol. The fraction of sp³-hybridized carbons (Fsp3) is 0.462. The molecule has 0 aliphatic rings. The van der Waals surface area contributed by atoms with Crippen LogP contribution < -0.4 is 0 Å². The van der Waals surface area contributed by atoms with Gasteiger partial charge in [-0.05, 0) is 36.3 Å². The molecule has 0 unspecified atom stereocenters. The van der Waals surface area contributed by atoms with Crippen molar-refractivity contribution in [2.75, 3.05) is 19.5 Å². The van der Waals surface area contributed by atoms with Crippen LogP contribution in [-0.2, 0) is 16.0 Å². The number of carboxylic acids is 1. The molecule has 0 radical (unpaired) electrons. The zero-order valence-electron chi connectivity index (χ0n) is 10.0. The maximum absolute atomic E-state index is 10.5. The zero-order valence-corrected chi connectivity index (χ0v) is 10.8. The van der Waals surface area contributed by atoms with E-state index < -0.39 is 5.97 Å². The minimum atomic E-state index is -0.787. The van der Waals surface area contributed by atoms with E-state index in [1.807, 2.05) is 24.3 Å². The third-order valence-corrected chi connectivity index (χ3v) is 3.39. The van der Waals surface area contributed by atoms with Gasteiger partial charge in [0.25, 0.3) is 0 Å². The normalized spacial score (nSPS) is 10.4. The van der Waals surface area contributed by atoms with E-state index in [-0.39, 0.29) is 6.42 Å². The highest BCUT2D eigenvalue weighted by molar-refractivity contribution is 7.99. The van der Waals surface area contributed by atoms with Crippen molar-refractivity contribution < 1.29 is 14.6 Å². The van der Waals surface area contributed by atoms with Gasteiger partial charge >= 0.3 is 5.97 Å². The van der Waals surface area contributed by atoms with Gasteiger partial charge in [0.05, 0.1) is 6.42 Å². The minimum Gasteiger partial charge on any atom is -0.481 e. The highest BCUT2D eigenvalue weighted by Crippen LogP contribution is 2.19. The van der Waals surface area contributed by atoms with Gasteiger partial charge in [-0.3, -0.25) is 4.79 Å².